The summed E-state index contributed by atoms with van der Waals surface area (Å²) in [5.41, 5.74) is -0.0520. The van der Waals surface area contributed by atoms with Crippen molar-refractivity contribution in [3.05, 3.63) is 40.8 Å². The molecular weight excluding hydrogens is 268 g/mol. The average Bonchev–Trinajstić information content (AvgIpc) is 2.50. The zero-order valence-electron chi connectivity index (χ0n) is 12.2. The number of aryl methyl sites for hydroxylation is 2. The van der Waals surface area contributed by atoms with Crippen molar-refractivity contribution in [3.8, 4) is 0 Å². The van der Waals surface area contributed by atoms with Gasteiger partial charge >= 0.3 is 0 Å². The summed E-state index contributed by atoms with van der Waals surface area (Å²) in [5.74, 6) is 2.24. The van der Waals surface area contributed by atoms with Crippen LogP contribution in [0.2, 0.25) is 0 Å². The van der Waals surface area contributed by atoms with E-state index in [9.17, 15) is 4.79 Å². The Morgan fingerprint density at radius 3 is 2.48 bits per heavy atom. The highest BCUT2D eigenvalue weighted by Crippen LogP contribution is 2.15. The highest BCUT2D eigenvalue weighted by molar-refractivity contribution is 5.43. The minimum atomic E-state index is -0.0520. The third-order valence-corrected chi connectivity index (χ3v) is 3.66. The molecule has 0 unspecified atom stereocenters. The Kier molecular flexibility index (Phi) is 3.55. The maximum atomic E-state index is 12.1. The lowest BCUT2D eigenvalue weighted by molar-refractivity contribution is 0.632. The van der Waals surface area contributed by atoms with Gasteiger partial charge in [-0.15, -0.1) is 0 Å². The van der Waals surface area contributed by atoms with Gasteiger partial charge in [-0.25, -0.2) is 15.0 Å². The monoisotopic (exact) mass is 286 g/mol. The lowest BCUT2D eigenvalue weighted by Crippen LogP contribution is -2.49. The quantitative estimate of drug-likeness (QED) is 0.786. The van der Waals surface area contributed by atoms with Gasteiger partial charge in [0.15, 0.2) is 5.82 Å². The summed E-state index contributed by atoms with van der Waals surface area (Å²) in [6.07, 6.45) is 5.11. The Bertz CT molecular complexity index is 690. The van der Waals surface area contributed by atoms with E-state index in [1.165, 1.54) is 0 Å². The van der Waals surface area contributed by atoms with Crippen LogP contribution in [0.4, 0.5) is 11.6 Å². The largest absolute Gasteiger partial charge is 0.353 e. The molecule has 1 saturated heterocycles. The van der Waals surface area contributed by atoms with Crippen LogP contribution in [0.25, 0.3) is 0 Å². The van der Waals surface area contributed by atoms with Crippen LogP contribution < -0.4 is 15.4 Å². The third-order valence-electron chi connectivity index (χ3n) is 3.66. The van der Waals surface area contributed by atoms with Crippen molar-refractivity contribution in [1.29, 1.82) is 0 Å². The zero-order valence-corrected chi connectivity index (χ0v) is 12.2. The SMILES string of the molecule is Cc1nccc(N2CCN(c3nccn(C)c3=O)CC2)n1. The van der Waals surface area contributed by atoms with Crippen LogP contribution in [0.5, 0.6) is 0 Å². The molecule has 0 aliphatic carbocycles. The minimum Gasteiger partial charge on any atom is -0.353 e. The Hall–Kier alpha value is -2.44. The van der Waals surface area contributed by atoms with Crippen LogP contribution in [0.1, 0.15) is 5.82 Å². The topological polar surface area (TPSA) is 67.2 Å². The molecule has 110 valence electrons. The first-order valence-corrected chi connectivity index (χ1v) is 6.96. The number of rotatable bonds is 2. The van der Waals surface area contributed by atoms with Gasteiger partial charge in [0.2, 0.25) is 0 Å². The van der Waals surface area contributed by atoms with E-state index >= 15 is 0 Å². The fourth-order valence-corrected chi connectivity index (χ4v) is 2.47. The van der Waals surface area contributed by atoms with E-state index in [1.807, 2.05) is 17.9 Å². The number of hydrogen-bond acceptors (Lipinski definition) is 6. The number of piperazine rings is 1. The van der Waals surface area contributed by atoms with Crippen LogP contribution in [0, 0.1) is 6.92 Å². The molecule has 2 aromatic heterocycles. The Morgan fingerprint density at radius 1 is 1.05 bits per heavy atom. The van der Waals surface area contributed by atoms with Gasteiger partial charge in [0.1, 0.15) is 11.6 Å². The maximum Gasteiger partial charge on any atom is 0.293 e. The summed E-state index contributed by atoms with van der Waals surface area (Å²) in [7, 11) is 1.74. The first-order chi connectivity index (χ1) is 10.1. The third kappa shape index (κ3) is 2.72. The molecule has 2 aromatic rings. The second kappa shape index (κ2) is 5.51. The van der Waals surface area contributed by atoms with Crippen molar-refractivity contribution in [2.24, 2.45) is 7.05 Å². The maximum absolute atomic E-state index is 12.1. The summed E-state index contributed by atoms with van der Waals surface area (Å²) < 4.78 is 1.56. The standard InChI is InChI=1S/C14H18N6O/c1-11-15-4-3-12(17-11)19-7-9-20(10-8-19)13-14(21)18(2)6-5-16-13/h3-6H,7-10H2,1-2H3. The van der Waals surface area contributed by atoms with E-state index in [1.54, 1.807) is 30.2 Å². The van der Waals surface area contributed by atoms with Crippen LogP contribution in [0.3, 0.4) is 0 Å². The van der Waals surface area contributed by atoms with Crippen LogP contribution >= 0.6 is 0 Å². The van der Waals surface area contributed by atoms with E-state index in [-0.39, 0.29) is 5.56 Å². The number of hydrogen-bond donors (Lipinski definition) is 0. The van der Waals surface area contributed by atoms with Crippen molar-refractivity contribution in [2.45, 2.75) is 6.92 Å². The highest BCUT2D eigenvalue weighted by atomic mass is 16.1. The molecule has 0 spiro atoms. The molecule has 1 aliphatic heterocycles. The Morgan fingerprint density at radius 2 is 1.76 bits per heavy atom. The molecule has 3 rings (SSSR count). The number of anilines is 2. The Labute approximate surface area is 122 Å². The molecule has 0 bridgehead atoms. The van der Waals surface area contributed by atoms with E-state index in [0.717, 1.165) is 37.8 Å². The summed E-state index contributed by atoms with van der Waals surface area (Å²) in [6, 6.07) is 1.92. The van der Waals surface area contributed by atoms with Gasteiger partial charge in [-0.2, -0.15) is 0 Å². The highest BCUT2D eigenvalue weighted by Gasteiger charge is 2.21. The fraction of sp³-hybridized carbons (Fsp3) is 0.429. The minimum absolute atomic E-state index is 0.0520. The van der Waals surface area contributed by atoms with Crippen LogP contribution in [0.15, 0.2) is 29.5 Å². The molecule has 0 amide bonds. The van der Waals surface area contributed by atoms with E-state index in [2.05, 4.69) is 19.9 Å². The smallest absolute Gasteiger partial charge is 0.293 e. The van der Waals surface area contributed by atoms with Crippen molar-refractivity contribution in [2.75, 3.05) is 36.0 Å². The van der Waals surface area contributed by atoms with Gasteiger partial charge in [-0.1, -0.05) is 0 Å². The van der Waals surface area contributed by atoms with Crippen LogP contribution in [-0.2, 0) is 7.05 Å². The van der Waals surface area contributed by atoms with Gasteiger partial charge in [0, 0.05) is 51.8 Å². The molecule has 0 atom stereocenters. The van der Waals surface area contributed by atoms with E-state index in [4.69, 9.17) is 0 Å². The molecule has 0 saturated carbocycles. The predicted molar refractivity (Wildman–Crippen MR) is 80.7 cm³/mol. The van der Waals surface area contributed by atoms with Gasteiger partial charge in [-0.3, -0.25) is 4.79 Å². The average molecular weight is 286 g/mol. The first kappa shape index (κ1) is 13.5. The summed E-state index contributed by atoms with van der Waals surface area (Å²) in [5, 5.41) is 0. The van der Waals surface area contributed by atoms with Crippen LogP contribution in [-0.4, -0.2) is 45.7 Å². The molecule has 0 aromatic carbocycles. The molecule has 7 heteroatoms. The summed E-state index contributed by atoms with van der Waals surface area (Å²) >= 11 is 0. The molecule has 0 radical (unpaired) electrons. The molecule has 21 heavy (non-hydrogen) atoms. The lowest BCUT2D eigenvalue weighted by atomic mass is 10.3. The summed E-state index contributed by atoms with van der Waals surface area (Å²) in [6.45, 7) is 5.04. The zero-order chi connectivity index (χ0) is 14.8. The van der Waals surface area contributed by atoms with Gasteiger partial charge < -0.3 is 14.4 Å². The molecular formula is C14H18N6O. The predicted octanol–water partition coefficient (Wildman–Crippen LogP) is 0.205. The van der Waals surface area contributed by atoms with E-state index < -0.39 is 0 Å². The fourth-order valence-electron chi connectivity index (χ4n) is 2.47. The normalized spacial score (nSPS) is 15.3. The lowest BCUT2D eigenvalue weighted by Gasteiger charge is -2.35. The second-order valence-electron chi connectivity index (χ2n) is 5.10. The molecule has 3 heterocycles. The Balaban J connectivity index is 1.73. The summed E-state index contributed by atoms with van der Waals surface area (Å²) in [4.78, 5) is 29.1. The molecule has 7 nitrogen and oxygen atoms in total. The number of nitrogens with zero attached hydrogens (tertiary/aromatic N) is 6. The first-order valence-electron chi connectivity index (χ1n) is 6.96. The van der Waals surface area contributed by atoms with Gasteiger partial charge in [0.25, 0.3) is 5.56 Å². The van der Waals surface area contributed by atoms with Crippen molar-refractivity contribution < 1.29 is 0 Å². The van der Waals surface area contributed by atoms with E-state index in [0.29, 0.717) is 5.82 Å². The number of aromatic nitrogens is 4. The molecule has 1 fully saturated rings. The van der Waals surface area contributed by atoms with Crippen molar-refractivity contribution in [3.63, 3.8) is 0 Å². The molecule has 0 N–H and O–H groups in total. The molecule has 1 aliphatic rings. The van der Waals surface area contributed by atoms with Crippen molar-refractivity contribution in [1.82, 2.24) is 19.5 Å². The van der Waals surface area contributed by atoms with Crippen molar-refractivity contribution >= 4 is 11.6 Å². The van der Waals surface area contributed by atoms with Gasteiger partial charge in [-0.05, 0) is 13.0 Å². The second-order valence-corrected chi connectivity index (χ2v) is 5.10. The van der Waals surface area contributed by atoms with Gasteiger partial charge in [0.05, 0.1) is 0 Å².